The van der Waals surface area contributed by atoms with E-state index in [0.717, 1.165) is 98.5 Å². The van der Waals surface area contributed by atoms with E-state index in [1.807, 2.05) is 36.1 Å². The minimum Gasteiger partial charge on any atom is -0.369 e. The molecule has 0 bridgehead atoms. The molecule has 0 unspecified atom stereocenters. The van der Waals surface area contributed by atoms with Gasteiger partial charge in [0.05, 0.1) is 0 Å². The normalized spacial score (nSPS) is 16.9. The summed E-state index contributed by atoms with van der Waals surface area (Å²) in [5.41, 5.74) is 8.14. The van der Waals surface area contributed by atoms with Crippen LogP contribution in [0.1, 0.15) is 58.8 Å². The summed E-state index contributed by atoms with van der Waals surface area (Å²) >= 11 is 6.19. The van der Waals surface area contributed by atoms with Gasteiger partial charge in [-0.1, -0.05) is 84.8 Å². The van der Waals surface area contributed by atoms with Gasteiger partial charge in [0.15, 0.2) is 0 Å². The van der Waals surface area contributed by atoms with Crippen molar-refractivity contribution in [3.63, 3.8) is 0 Å². The predicted octanol–water partition coefficient (Wildman–Crippen LogP) is 6.93. The van der Waals surface area contributed by atoms with E-state index in [-0.39, 0.29) is 11.8 Å². The maximum absolute atomic E-state index is 13.8. The summed E-state index contributed by atoms with van der Waals surface area (Å²) in [5, 5.41) is 3.87. The quantitative estimate of drug-likeness (QED) is 0.190. The van der Waals surface area contributed by atoms with Crippen molar-refractivity contribution in [3.8, 4) is 11.1 Å². The Labute approximate surface area is 283 Å². The van der Waals surface area contributed by atoms with E-state index in [4.69, 9.17) is 11.6 Å². The number of piperazine rings is 1. The second kappa shape index (κ2) is 13.5. The van der Waals surface area contributed by atoms with Gasteiger partial charge in [-0.15, -0.1) is 0 Å². The van der Waals surface area contributed by atoms with E-state index in [1.54, 1.807) is 0 Å². The number of halogens is 1. The number of benzene rings is 4. The highest BCUT2D eigenvalue weighted by Crippen LogP contribution is 2.51. The van der Waals surface area contributed by atoms with Crippen molar-refractivity contribution in [2.45, 2.75) is 44.6 Å². The van der Waals surface area contributed by atoms with Crippen molar-refractivity contribution in [1.82, 2.24) is 15.1 Å². The molecule has 6 nitrogen and oxygen atoms in total. The van der Waals surface area contributed by atoms with Gasteiger partial charge in [-0.3, -0.25) is 14.5 Å². The van der Waals surface area contributed by atoms with Crippen molar-refractivity contribution in [2.75, 3.05) is 50.7 Å². The number of carbonyl (C=O) groups excluding carboxylic acids is 2. The van der Waals surface area contributed by atoms with Crippen LogP contribution in [0.4, 0.5) is 5.69 Å². The number of nitrogens with zero attached hydrogens (tertiary/aromatic N) is 3. The zero-order valence-corrected chi connectivity index (χ0v) is 27.9. The minimum absolute atomic E-state index is 0.101. The summed E-state index contributed by atoms with van der Waals surface area (Å²) in [4.78, 5) is 34.2. The van der Waals surface area contributed by atoms with E-state index in [0.29, 0.717) is 18.1 Å². The van der Waals surface area contributed by atoms with Crippen LogP contribution in [-0.2, 0) is 23.2 Å². The molecule has 1 fully saturated rings. The highest BCUT2D eigenvalue weighted by molar-refractivity contribution is 6.30. The molecule has 3 aliphatic rings. The molecule has 1 aliphatic carbocycles. The maximum Gasteiger partial charge on any atom is 0.254 e. The van der Waals surface area contributed by atoms with Crippen molar-refractivity contribution >= 4 is 29.1 Å². The van der Waals surface area contributed by atoms with E-state index in [9.17, 15) is 9.59 Å². The summed E-state index contributed by atoms with van der Waals surface area (Å²) in [6.07, 6.45) is 3.68. The summed E-state index contributed by atoms with van der Waals surface area (Å²) < 4.78 is 0. The van der Waals surface area contributed by atoms with Gasteiger partial charge in [-0.05, 0) is 90.4 Å². The molecule has 1 N–H and O–H groups in total. The van der Waals surface area contributed by atoms with E-state index < -0.39 is 5.41 Å². The van der Waals surface area contributed by atoms with E-state index in [2.05, 4.69) is 81.8 Å². The molecule has 1 saturated heterocycles. The molecular formula is C40H43ClN4O2. The number of fused-ring (bicyclic) bond motifs is 4. The Morgan fingerprint density at radius 2 is 1.53 bits per heavy atom. The first-order valence-corrected chi connectivity index (χ1v) is 17.5. The van der Waals surface area contributed by atoms with Crippen LogP contribution < -0.4 is 10.2 Å². The molecule has 4 aromatic carbocycles. The molecule has 0 saturated carbocycles. The van der Waals surface area contributed by atoms with Crippen LogP contribution in [0.15, 0.2) is 91.0 Å². The molecule has 242 valence electrons. The van der Waals surface area contributed by atoms with Crippen LogP contribution in [0.2, 0.25) is 5.02 Å². The molecule has 47 heavy (non-hydrogen) atoms. The average Bonchev–Trinajstić information content (AvgIpc) is 3.39. The second-order valence-corrected chi connectivity index (χ2v) is 13.5. The average molecular weight is 647 g/mol. The fraction of sp³-hybridized carbons (Fsp3) is 0.350. The topological polar surface area (TPSA) is 55.9 Å². The third-order valence-corrected chi connectivity index (χ3v) is 10.6. The number of anilines is 1. The number of rotatable bonds is 10. The molecule has 0 atom stereocenters. The lowest BCUT2D eigenvalue weighted by molar-refractivity contribution is -0.125. The van der Waals surface area contributed by atoms with Crippen molar-refractivity contribution in [3.05, 3.63) is 124 Å². The Balaban J connectivity index is 0.960. The van der Waals surface area contributed by atoms with E-state index in [1.165, 1.54) is 11.1 Å². The predicted molar refractivity (Wildman–Crippen MR) is 190 cm³/mol. The number of hydrogen-bond acceptors (Lipinski definition) is 4. The molecule has 2 amide bonds. The van der Waals surface area contributed by atoms with Gasteiger partial charge in [0.2, 0.25) is 5.91 Å². The van der Waals surface area contributed by atoms with Crippen LogP contribution in [-0.4, -0.2) is 67.4 Å². The zero-order chi connectivity index (χ0) is 32.4. The third kappa shape index (κ3) is 6.05. The number of likely N-dealkylation sites (N-methyl/N-ethyl adjacent to an activating group) is 1. The Morgan fingerprint density at radius 1 is 0.809 bits per heavy atom. The lowest BCUT2D eigenvalue weighted by Gasteiger charge is -2.37. The van der Waals surface area contributed by atoms with Gasteiger partial charge >= 0.3 is 0 Å². The lowest BCUT2D eigenvalue weighted by Crippen LogP contribution is -2.47. The lowest BCUT2D eigenvalue weighted by atomic mass is 9.73. The highest BCUT2D eigenvalue weighted by atomic mass is 35.5. The van der Waals surface area contributed by atoms with Crippen molar-refractivity contribution < 1.29 is 9.59 Å². The minimum atomic E-state index is -0.643. The Hall–Kier alpha value is -4.13. The molecular weight excluding hydrogens is 604 g/mol. The van der Waals surface area contributed by atoms with Crippen LogP contribution in [0.3, 0.4) is 0 Å². The van der Waals surface area contributed by atoms with Gasteiger partial charge in [0.1, 0.15) is 5.41 Å². The zero-order valence-electron chi connectivity index (χ0n) is 27.2. The van der Waals surface area contributed by atoms with Gasteiger partial charge in [-0.2, -0.15) is 0 Å². The van der Waals surface area contributed by atoms with Gasteiger partial charge in [-0.25, -0.2) is 0 Å². The van der Waals surface area contributed by atoms with Crippen molar-refractivity contribution in [1.29, 1.82) is 0 Å². The standard InChI is InChI=1S/C40H43ClN4O2/c1-2-42-39(47)40(36-14-5-3-12-33(36)34-13-4-6-15-37(34)40)19-7-8-20-43-22-24-44(25-23-43)32-17-16-30-18-21-45(38(46)35(30)27-32)28-29-10-9-11-31(41)26-29/h3-6,9-17,26-27H,2,7-8,18-25,28H2,1H3,(H,42,47). The van der Waals surface area contributed by atoms with Gasteiger partial charge < -0.3 is 15.1 Å². The van der Waals surface area contributed by atoms with Gasteiger partial charge in [0.25, 0.3) is 5.91 Å². The molecule has 7 heteroatoms. The largest absolute Gasteiger partial charge is 0.369 e. The SMILES string of the molecule is CCNC(=O)C1(CCCCN2CCN(c3ccc4c(c3)C(=O)N(Cc3cccc(Cl)c3)CC4)CC2)c2ccccc2-c2ccccc21. The smallest absolute Gasteiger partial charge is 0.254 e. The van der Waals surface area contributed by atoms with Crippen LogP contribution >= 0.6 is 11.6 Å². The fourth-order valence-electron chi connectivity index (χ4n) is 7.93. The Morgan fingerprint density at radius 3 is 2.23 bits per heavy atom. The van der Waals surface area contributed by atoms with Crippen LogP contribution in [0.5, 0.6) is 0 Å². The maximum atomic E-state index is 13.8. The molecule has 0 radical (unpaired) electrons. The van der Waals surface area contributed by atoms with Crippen LogP contribution in [0, 0.1) is 0 Å². The molecule has 0 aromatic heterocycles. The number of unbranched alkanes of at least 4 members (excludes halogenated alkanes) is 1. The molecule has 2 heterocycles. The van der Waals surface area contributed by atoms with Gasteiger partial charge in [0, 0.05) is 62.1 Å². The Kier molecular flexibility index (Phi) is 9.07. The first kappa shape index (κ1) is 31.5. The molecule has 7 rings (SSSR count). The Bertz CT molecular complexity index is 1730. The summed E-state index contributed by atoms with van der Waals surface area (Å²) in [5.74, 6) is 0.215. The first-order chi connectivity index (χ1) is 23.0. The molecule has 2 aliphatic heterocycles. The summed E-state index contributed by atoms with van der Waals surface area (Å²) in [7, 11) is 0. The van der Waals surface area contributed by atoms with Crippen LogP contribution in [0.25, 0.3) is 11.1 Å². The number of nitrogens with one attached hydrogen (secondary N) is 1. The number of hydrogen-bond donors (Lipinski definition) is 1. The van der Waals surface area contributed by atoms with Crippen molar-refractivity contribution in [2.24, 2.45) is 0 Å². The third-order valence-electron chi connectivity index (χ3n) is 10.3. The fourth-order valence-corrected chi connectivity index (χ4v) is 8.14. The number of carbonyl (C=O) groups is 2. The second-order valence-electron chi connectivity index (χ2n) is 13.1. The summed E-state index contributed by atoms with van der Waals surface area (Å²) in [6, 6.07) is 31.1. The molecule has 4 aromatic rings. The monoisotopic (exact) mass is 646 g/mol. The summed E-state index contributed by atoms with van der Waals surface area (Å²) in [6.45, 7) is 8.77. The molecule has 0 spiro atoms. The highest BCUT2D eigenvalue weighted by Gasteiger charge is 2.48. The first-order valence-electron chi connectivity index (χ1n) is 17.1. The number of amides is 2. The van der Waals surface area contributed by atoms with E-state index >= 15 is 0 Å².